The third-order valence-corrected chi connectivity index (χ3v) is 3.14. The summed E-state index contributed by atoms with van der Waals surface area (Å²) in [6.07, 6.45) is 0. The SMILES string of the molecule is C[N+](C)(C)CCOc1ccc2cc(CN)ccc2c1. The maximum Gasteiger partial charge on any atom is 0.137 e. The van der Waals surface area contributed by atoms with Crippen molar-refractivity contribution in [2.75, 3.05) is 34.3 Å². The van der Waals surface area contributed by atoms with E-state index in [1.807, 2.05) is 6.07 Å². The number of rotatable bonds is 5. The number of likely N-dealkylation sites (N-methyl/N-ethyl adjacent to an activating group) is 1. The molecule has 0 heterocycles. The Bertz CT molecular complexity index is 558. The number of nitrogens with two attached hydrogens (primary N) is 1. The Morgan fingerprint density at radius 2 is 1.68 bits per heavy atom. The van der Waals surface area contributed by atoms with E-state index in [2.05, 4.69) is 51.5 Å². The zero-order valence-corrected chi connectivity index (χ0v) is 12.0. The summed E-state index contributed by atoms with van der Waals surface area (Å²) in [6.45, 7) is 2.30. The molecule has 0 aliphatic heterocycles. The van der Waals surface area contributed by atoms with Gasteiger partial charge in [0.1, 0.15) is 18.9 Å². The Kier molecular flexibility index (Phi) is 4.08. The van der Waals surface area contributed by atoms with Crippen molar-refractivity contribution in [2.24, 2.45) is 5.73 Å². The molecule has 0 spiro atoms. The van der Waals surface area contributed by atoms with E-state index < -0.39 is 0 Å². The first kappa shape index (κ1) is 13.8. The molecule has 2 N–H and O–H groups in total. The topological polar surface area (TPSA) is 35.2 Å². The number of hydrogen-bond acceptors (Lipinski definition) is 2. The maximum atomic E-state index is 5.81. The molecular formula is C16H23N2O+. The van der Waals surface area contributed by atoms with Crippen LogP contribution in [0.4, 0.5) is 0 Å². The van der Waals surface area contributed by atoms with Crippen molar-refractivity contribution in [1.29, 1.82) is 0 Å². The second-order valence-electron chi connectivity index (χ2n) is 5.91. The molecule has 0 aliphatic carbocycles. The third kappa shape index (κ3) is 3.94. The van der Waals surface area contributed by atoms with Gasteiger partial charge in [-0.05, 0) is 34.5 Å². The van der Waals surface area contributed by atoms with Crippen LogP contribution in [-0.4, -0.2) is 38.8 Å². The van der Waals surface area contributed by atoms with Crippen LogP contribution in [0.3, 0.4) is 0 Å². The van der Waals surface area contributed by atoms with Crippen LogP contribution in [0.5, 0.6) is 5.75 Å². The fourth-order valence-electron chi connectivity index (χ4n) is 1.93. The molecule has 0 unspecified atom stereocenters. The van der Waals surface area contributed by atoms with Crippen LogP contribution in [0.25, 0.3) is 10.8 Å². The Labute approximate surface area is 115 Å². The second-order valence-corrected chi connectivity index (χ2v) is 5.91. The summed E-state index contributed by atoms with van der Waals surface area (Å²) in [5.74, 6) is 0.932. The predicted octanol–water partition coefficient (Wildman–Crippen LogP) is 2.38. The minimum Gasteiger partial charge on any atom is -0.488 e. The van der Waals surface area contributed by atoms with Gasteiger partial charge in [0, 0.05) is 6.54 Å². The molecule has 0 bridgehead atoms. The fraction of sp³-hybridized carbons (Fsp3) is 0.375. The smallest absolute Gasteiger partial charge is 0.137 e. The van der Waals surface area contributed by atoms with E-state index in [4.69, 9.17) is 10.5 Å². The lowest BCUT2D eigenvalue weighted by Crippen LogP contribution is -2.38. The Hall–Kier alpha value is -1.58. The Balaban J connectivity index is 2.09. The van der Waals surface area contributed by atoms with Gasteiger partial charge >= 0.3 is 0 Å². The summed E-state index contributed by atoms with van der Waals surface area (Å²) in [5, 5.41) is 2.40. The number of benzene rings is 2. The highest BCUT2D eigenvalue weighted by Crippen LogP contribution is 2.22. The molecule has 0 fully saturated rings. The van der Waals surface area contributed by atoms with Crippen LogP contribution in [0, 0.1) is 0 Å². The second kappa shape index (κ2) is 5.59. The first-order chi connectivity index (χ1) is 8.98. The van der Waals surface area contributed by atoms with Crippen LogP contribution in [0.2, 0.25) is 0 Å². The van der Waals surface area contributed by atoms with Crippen LogP contribution in [-0.2, 0) is 6.54 Å². The number of quaternary nitrogens is 1. The van der Waals surface area contributed by atoms with E-state index in [0.29, 0.717) is 6.54 Å². The van der Waals surface area contributed by atoms with Crippen molar-refractivity contribution < 1.29 is 9.22 Å². The average Bonchev–Trinajstić information content (AvgIpc) is 2.36. The first-order valence-electron chi connectivity index (χ1n) is 6.64. The molecule has 0 radical (unpaired) electrons. The number of hydrogen-bond donors (Lipinski definition) is 1. The largest absolute Gasteiger partial charge is 0.488 e. The standard InChI is InChI=1S/C16H23N2O/c1-18(2,3)8-9-19-16-7-6-14-10-13(12-17)4-5-15(14)11-16/h4-7,10-11H,8-9,12,17H2,1-3H3/q+1. The molecule has 0 atom stereocenters. The van der Waals surface area contributed by atoms with Gasteiger partial charge in [-0.1, -0.05) is 18.2 Å². The van der Waals surface area contributed by atoms with Gasteiger partial charge in [0.2, 0.25) is 0 Å². The summed E-state index contributed by atoms with van der Waals surface area (Å²) in [5.41, 5.74) is 6.81. The molecule has 2 aromatic carbocycles. The van der Waals surface area contributed by atoms with E-state index in [1.54, 1.807) is 0 Å². The van der Waals surface area contributed by atoms with Gasteiger partial charge in [-0.15, -0.1) is 0 Å². The van der Waals surface area contributed by atoms with Crippen molar-refractivity contribution in [2.45, 2.75) is 6.54 Å². The zero-order chi connectivity index (χ0) is 13.9. The molecule has 102 valence electrons. The normalized spacial score (nSPS) is 11.8. The number of fused-ring (bicyclic) bond motifs is 1. The van der Waals surface area contributed by atoms with E-state index in [0.717, 1.165) is 28.9 Å². The van der Waals surface area contributed by atoms with Gasteiger partial charge in [-0.2, -0.15) is 0 Å². The van der Waals surface area contributed by atoms with Gasteiger partial charge in [0.25, 0.3) is 0 Å². The van der Waals surface area contributed by atoms with E-state index in [9.17, 15) is 0 Å². The molecule has 0 aromatic heterocycles. The van der Waals surface area contributed by atoms with Gasteiger partial charge in [-0.3, -0.25) is 0 Å². The monoisotopic (exact) mass is 259 g/mol. The average molecular weight is 259 g/mol. The predicted molar refractivity (Wildman–Crippen MR) is 80.2 cm³/mol. The van der Waals surface area contributed by atoms with E-state index in [-0.39, 0.29) is 0 Å². The third-order valence-electron chi connectivity index (χ3n) is 3.14. The quantitative estimate of drug-likeness (QED) is 0.837. The molecule has 0 aliphatic rings. The van der Waals surface area contributed by atoms with E-state index in [1.165, 1.54) is 10.8 Å². The van der Waals surface area contributed by atoms with Gasteiger partial charge < -0.3 is 15.0 Å². The lowest BCUT2D eigenvalue weighted by Gasteiger charge is -2.23. The fourth-order valence-corrected chi connectivity index (χ4v) is 1.93. The molecular weight excluding hydrogens is 236 g/mol. The van der Waals surface area contributed by atoms with Crippen LogP contribution in [0.1, 0.15) is 5.56 Å². The highest BCUT2D eigenvalue weighted by molar-refractivity contribution is 5.84. The molecule has 0 saturated carbocycles. The molecule has 0 amide bonds. The van der Waals surface area contributed by atoms with E-state index >= 15 is 0 Å². The molecule has 3 nitrogen and oxygen atoms in total. The van der Waals surface area contributed by atoms with Crippen molar-refractivity contribution in [1.82, 2.24) is 0 Å². The summed E-state index contributed by atoms with van der Waals surface area (Å²) in [4.78, 5) is 0. The molecule has 2 aromatic rings. The Morgan fingerprint density at radius 1 is 1.00 bits per heavy atom. The minimum absolute atomic E-state index is 0.581. The molecule has 2 rings (SSSR count). The Morgan fingerprint density at radius 3 is 2.37 bits per heavy atom. The lowest BCUT2D eigenvalue weighted by atomic mass is 10.1. The van der Waals surface area contributed by atoms with Crippen molar-refractivity contribution in [3.63, 3.8) is 0 Å². The van der Waals surface area contributed by atoms with Crippen molar-refractivity contribution in [3.05, 3.63) is 42.0 Å². The zero-order valence-electron chi connectivity index (χ0n) is 12.0. The molecule has 19 heavy (non-hydrogen) atoms. The highest BCUT2D eigenvalue weighted by atomic mass is 16.5. The number of nitrogens with zero attached hydrogens (tertiary/aromatic N) is 1. The summed E-state index contributed by atoms with van der Waals surface area (Å²) < 4.78 is 6.72. The lowest BCUT2D eigenvalue weighted by molar-refractivity contribution is -0.870. The number of ether oxygens (including phenoxy) is 1. The van der Waals surface area contributed by atoms with Crippen LogP contribution in [0.15, 0.2) is 36.4 Å². The summed E-state index contributed by atoms with van der Waals surface area (Å²) in [7, 11) is 6.49. The maximum absolute atomic E-state index is 5.81. The summed E-state index contributed by atoms with van der Waals surface area (Å²) in [6, 6.07) is 12.5. The van der Waals surface area contributed by atoms with Gasteiger partial charge in [0.15, 0.2) is 0 Å². The van der Waals surface area contributed by atoms with Gasteiger partial charge in [0.05, 0.1) is 21.1 Å². The van der Waals surface area contributed by atoms with Gasteiger partial charge in [-0.25, -0.2) is 0 Å². The summed E-state index contributed by atoms with van der Waals surface area (Å²) >= 11 is 0. The minimum atomic E-state index is 0.581. The highest BCUT2D eigenvalue weighted by Gasteiger charge is 2.06. The van der Waals surface area contributed by atoms with Crippen molar-refractivity contribution in [3.8, 4) is 5.75 Å². The molecule has 3 heteroatoms. The van der Waals surface area contributed by atoms with Crippen LogP contribution < -0.4 is 10.5 Å². The first-order valence-corrected chi connectivity index (χ1v) is 6.64. The van der Waals surface area contributed by atoms with Crippen LogP contribution >= 0.6 is 0 Å². The molecule has 0 saturated heterocycles. The van der Waals surface area contributed by atoms with Crippen molar-refractivity contribution >= 4 is 10.8 Å².